The maximum absolute atomic E-state index is 12.8. The van der Waals surface area contributed by atoms with Crippen LogP contribution in [-0.2, 0) is 22.5 Å². The summed E-state index contributed by atoms with van der Waals surface area (Å²) in [6, 6.07) is 9.65. The number of carbonyl (C=O) groups is 2. The van der Waals surface area contributed by atoms with Crippen molar-refractivity contribution in [3.63, 3.8) is 0 Å². The molecule has 0 atom stereocenters. The fourth-order valence-corrected chi connectivity index (χ4v) is 5.07. The van der Waals surface area contributed by atoms with E-state index in [1.54, 1.807) is 23.9 Å². The number of hydrogen-bond donors (Lipinski definition) is 0. The Bertz CT molecular complexity index is 1150. The molecule has 7 heteroatoms. The van der Waals surface area contributed by atoms with E-state index in [9.17, 15) is 9.59 Å². The Morgan fingerprint density at radius 2 is 1.83 bits per heavy atom. The Balaban J connectivity index is 2.03. The average Bonchev–Trinajstić information content (AvgIpc) is 3.04. The lowest BCUT2D eigenvalue weighted by atomic mass is 9.97. The van der Waals surface area contributed by atoms with Crippen molar-refractivity contribution in [2.24, 2.45) is 4.99 Å². The summed E-state index contributed by atoms with van der Waals surface area (Å²) in [6.07, 6.45) is 2.33. The van der Waals surface area contributed by atoms with Crippen molar-refractivity contribution >= 4 is 45.2 Å². The summed E-state index contributed by atoms with van der Waals surface area (Å²) in [5.74, 6) is 0.367. The van der Waals surface area contributed by atoms with Gasteiger partial charge in [-0.1, -0.05) is 29.0 Å². The van der Waals surface area contributed by atoms with Crippen LogP contribution in [0.4, 0.5) is 0 Å². The van der Waals surface area contributed by atoms with Crippen LogP contribution in [0.5, 0.6) is 0 Å². The van der Waals surface area contributed by atoms with Crippen LogP contribution in [0.15, 0.2) is 35.3 Å². The summed E-state index contributed by atoms with van der Waals surface area (Å²) in [6.45, 7) is 6.88. The van der Waals surface area contributed by atoms with E-state index < -0.39 is 0 Å². The van der Waals surface area contributed by atoms with Gasteiger partial charge in [-0.25, -0.2) is 4.79 Å². The summed E-state index contributed by atoms with van der Waals surface area (Å²) in [4.78, 5) is 29.8. The third-order valence-electron chi connectivity index (χ3n) is 5.01. The van der Waals surface area contributed by atoms with E-state index in [1.807, 2.05) is 19.9 Å². The number of hydrogen-bond acceptors (Lipinski definition) is 5. The van der Waals surface area contributed by atoms with Gasteiger partial charge in [0, 0.05) is 12.3 Å². The van der Waals surface area contributed by atoms with Gasteiger partial charge in [-0.15, -0.1) is 0 Å². The van der Waals surface area contributed by atoms with Crippen molar-refractivity contribution in [1.82, 2.24) is 4.57 Å². The number of esters is 1. The lowest BCUT2D eigenvalue weighted by Gasteiger charge is -2.09. The molecule has 0 unspecified atom stereocenters. The number of methoxy groups -OCH3 is 1. The van der Waals surface area contributed by atoms with Crippen LogP contribution >= 0.6 is 23.1 Å². The van der Waals surface area contributed by atoms with E-state index in [-0.39, 0.29) is 18.3 Å². The van der Waals surface area contributed by atoms with E-state index in [0.717, 1.165) is 39.2 Å². The first-order valence-electron chi connectivity index (χ1n) is 9.69. The van der Waals surface area contributed by atoms with Gasteiger partial charge in [-0.05, 0) is 61.9 Å². The molecule has 0 fully saturated rings. The fourth-order valence-electron chi connectivity index (χ4n) is 3.59. The minimum absolute atomic E-state index is 0.164. The highest BCUT2D eigenvalue weighted by Crippen LogP contribution is 2.21. The van der Waals surface area contributed by atoms with Crippen molar-refractivity contribution in [3.05, 3.63) is 63.0 Å². The molecule has 0 aliphatic heterocycles. The molecule has 2 aromatic carbocycles. The molecular weight excluding hydrogens is 416 g/mol. The Kier molecular flexibility index (Phi) is 7.15. The van der Waals surface area contributed by atoms with Gasteiger partial charge < -0.3 is 9.30 Å². The summed E-state index contributed by atoms with van der Waals surface area (Å²) >= 11 is 3.16. The number of rotatable bonds is 6. The molecule has 1 amide bonds. The summed E-state index contributed by atoms with van der Waals surface area (Å²) < 4.78 is 7.80. The molecule has 0 spiro atoms. The van der Waals surface area contributed by atoms with Crippen molar-refractivity contribution in [3.8, 4) is 0 Å². The third-order valence-corrected chi connectivity index (χ3v) is 6.64. The molecule has 0 radical (unpaired) electrons. The van der Waals surface area contributed by atoms with Gasteiger partial charge in [0.1, 0.15) is 0 Å². The van der Waals surface area contributed by atoms with Crippen LogP contribution in [-0.4, -0.2) is 35.6 Å². The summed E-state index contributed by atoms with van der Waals surface area (Å²) in [7, 11) is 1.37. The molecule has 3 rings (SSSR count). The summed E-state index contributed by atoms with van der Waals surface area (Å²) in [5.41, 5.74) is 5.93. The van der Waals surface area contributed by atoms with Crippen LogP contribution in [0.3, 0.4) is 0 Å². The number of nitrogens with zero attached hydrogens (tertiary/aromatic N) is 2. The number of benzene rings is 2. The average molecular weight is 443 g/mol. The van der Waals surface area contributed by atoms with Gasteiger partial charge in [0.25, 0.3) is 5.91 Å². The zero-order valence-electron chi connectivity index (χ0n) is 17.9. The molecule has 3 aromatic rings. The molecule has 0 bridgehead atoms. The minimum atomic E-state index is -0.374. The predicted molar refractivity (Wildman–Crippen MR) is 124 cm³/mol. The molecule has 30 heavy (non-hydrogen) atoms. The van der Waals surface area contributed by atoms with Crippen LogP contribution in [0.25, 0.3) is 10.2 Å². The number of carbonyl (C=O) groups excluding carboxylic acids is 2. The van der Waals surface area contributed by atoms with Crippen LogP contribution < -0.4 is 4.80 Å². The number of fused-ring (bicyclic) bond motifs is 1. The standard InChI is InChI=1S/C23H26N2O3S2/c1-14-10-15(2)18(16(3)11-14)13-21(26)24-23-25(8-9-29-5)19-7-6-17(22(27)28-4)12-20(19)30-23/h6-7,10-12H,8-9,13H2,1-5H3. The number of amides is 1. The van der Waals surface area contributed by atoms with Gasteiger partial charge in [-0.2, -0.15) is 16.8 Å². The van der Waals surface area contributed by atoms with Gasteiger partial charge in [0.2, 0.25) is 0 Å². The molecule has 0 N–H and O–H groups in total. The highest BCUT2D eigenvalue weighted by atomic mass is 32.2. The zero-order valence-corrected chi connectivity index (χ0v) is 19.6. The quantitative estimate of drug-likeness (QED) is 0.529. The highest BCUT2D eigenvalue weighted by molar-refractivity contribution is 7.98. The first kappa shape index (κ1) is 22.3. The molecule has 0 saturated carbocycles. The van der Waals surface area contributed by atoms with E-state index >= 15 is 0 Å². The van der Waals surface area contributed by atoms with Crippen LogP contribution in [0, 0.1) is 20.8 Å². The normalized spacial score (nSPS) is 11.8. The summed E-state index contributed by atoms with van der Waals surface area (Å²) in [5, 5.41) is 0. The number of ether oxygens (including phenoxy) is 1. The molecule has 0 aliphatic rings. The molecule has 158 valence electrons. The Morgan fingerprint density at radius 3 is 2.47 bits per heavy atom. The maximum Gasteiger partial charge on any atom is 0.337 e. The van der Waals surface area contributed by atoms with E-state index in [2.05, 4.69) is 34.9 Å². The van der Waals surface area contributed by atoms with E-state index in [0.29, 0.717) is 10.4 Å². The molecule has 1 heterocycles. The first-order chi connectivity index (χ1) is 14.3. The van der Waals surface area contributed by atoms with Crippen LogP contribution in [0.2, 0.25) is 0 Å². The van der Waals surface area contributed by atoms with Gasteiger partial charge in [0.15, 0.2) is 4.80 Å². The largest absolute Gasteiger partial charge is 0.465 e. The second-order valence-corrected chi connectivity index (χ2v) is 9.26. The monoisotopic (exact) mass is 442 g/mol. The molecule has 1 aromatic heterocycles. The van der Waals surface area contributed by atoms with Gasteiger partial charge in [-0.3, -0.25) is 4.79 Å². The van der Waals surface area contributed by atoms with Gasteiger partial charge in [0.05, 0.1) is 29.3 Å². The SMILES string of the molecule is COC(=O)c1ccc2c(c1)sc(=NC(=O)Cc1c(C)cc(C)cc1C)n2CCSC. The molecule has 0 saturated heterocycles. The fraction of sp³-hybridized carbons (Fsp3) is 0.348. The number of aryl methyl sites for hydroxylation is 4. The Morgan fingerprint density at radius 1 is 1.13 bits per heavy atom. The van der Waals surface area contributed by atoms with Crippen molar-refractivity contribution in [2.75, 3.05) is 19.1 Å². The van der Waals surface area contributed by atoms with Crippen molar-refractivity contribution < 1.29 is 14.3 Å². The lowest BCUT2D eigenvalue weighted by molar-refractivity contribution is -0.117. The number of thiazole rings is 1. The first-order valence-corrected chi connectivity index (χ1v) is 11.9. The van der Waals surface area contributed by atoms with Crippen LogP contribution in [0.1, 0.15) is 32.6 Å². The van der Waals surface area contributed by atoms with Crippen molar-refractivity contribution in [1.29, 1.82) is 0 Å². The van der Waals surface area contributed by atoms with E-state index in [4.69, 9.17) is 4.74 Å². The smallest absolute Gasteiger partial charge is 0.337 e. The number of aromatic nitrogens is 1. The zero-order chi connectivity index (χ0) is 21.8. The maximum atomic E-state index is 12.8. The molecular formula is C23H26N2O3S2. The topological polar surface area (TPSA) is 60.7 Å². The third kappa shape index (κ3) is 4.84. The van der Waals surface area contributed by atoms with Crippen molar-refractivity contribution in [2.45, 2.75) is 33.7 Å². The highest BCUT2D eigenvalue weighted by Gasteiger charge is 2.13. The minimum Gasteiger partial charge on any atom is -0.465 e. The second-order valence-electron chi connectivity index (χ2n) is 7.26. The predicted octanol–water partition coefficient (Wildman–Crippen LogP) is 4.45. The molecule has 5 nitrogen and oxygen atoms in total. The van der Waals surface area contributed by atoms with Gasteiger partial charge >= 0.3 is 5.97 Å². The number of thioether (sulfide) groups is 1. The lowest BCUT2D eigenvalue weighted by Crippen LogP contribution is -2.19. The van der Waals surface area contributed by atoms with E-state index in [1.165, 1.54) is 24.0 Å². The molecule has 0 aliphatic carbocycles. The Labute approximate surface area is 184 Å². The Hall–Kier alpha value is -2.38. The second kappa shape index (κ2) is 9.62.